The lowest BCUT2D eigenvalue weighted by atomic mass is 9.74. The van der Waals surface area contributed by atoms with E-state index in [-0.39, 0.29) is 0 Å². The van der Waals surface area contributed by atoms with Gasteiger partial charge in [-0.05, 0) is 59.7 Å². The van der Waals surface area contributed by atoms with Crippen molar-refractivity contribution in [3.63, 3.8) is 0 Å². The van der Waals surface area contributed by atoms with E-state index in [0.29, 0.717) is 28.6 Å². The molecule has 0 radical (unpaired) electrons. The Labute approximate surface area is 223 Å². The molecule has 38 heavy (non-hydrogen) atoms. The first kappa shape index (κ1) is 24.8. The second-order valence-electron chi connectivity index (χ2n) is 9.77. The molecule has 0 fully saturated rings. The van der Waals surface area contributed by atoms with E-state index >= 15 is 0 Å². The van der Waals surface area contributed by atoms with E-state index in [9.17, 15) is 0 Å². The topological polar surface area (TPSA) is 96.5 Å². The third-order valence-electron chi connectivity index (χ3n) is 6.63. The second kappa shape index (κ2) is 10.2. The van der Waals surface area contributed by atoms with E-state index in [1.54, 1.807) is 0 Å². The summed E-state index contributed by atoms with van der Waals surface area (Å²) in [6.45, 7) is 4.37. The molecule has 0 aliphatic rings. The summed E-state index contributed by atoms with van der Waals surface area (Å²) in [6, 6.07) is 36.9. The van der Waals surface area contributed by atoms with Crippen LogP contribution in [0.1, 0.15) is 25.0 Å². The minimum atomic E-state index is -0.454. The molecule has 5 aromatic carbocycles. The molecule has 0 amide bonds. The van der Waals surface area contributed by atoms with Crippen LogP contribution >= 0.6 is 0 Å². The molecule has 0 aromatic heterocycles. The van der Waals surface area contributed by atoms with Crippen molar-refractivity contribution in [3.8, 4) is 34.1 Å². The minimum absolute atomic E-state index is 0.454. The van der Waals surface area contributed by atoms with E-state index in [1.807, 2.05) is 91.0 Å². The highest BCUT2D eigenvalue weighted by Crippen LogP contribution is 2.47. The summed E-state index contributed by atoms with van der Waals surface area (Å²) in [5.41, 5.74) is 23.7. The zero-order valence-electron chi connectivity index (χ0n) is 21.5. The first-order valence-electron chi connectivity index (χ1n) is 12.5. The van der Waals surface area contributed by atoms with Crippen molar-refractivity contribution < 1.29 is 9.47 Å². The molecule has 5 nitrogen and oxygen atoms in total. The Kier molecular flexibility index (Phi) is 6.67. The van der Waals surface area contributed by atoms with Gasteiger partial charge in [-0.2, -0.15) is 0 Å². The van der Waals surface area contributed by atoms with Gasteiger partial charge in [-0.3, -0.25) is 0 Å². The number of ether oxygens (including phenoxy) is 2. The van der Waals surface area contributed by atoms with Crippen molar-refractivity contribution in [2.75, 3.05) is 17.2 Å². The maximum Gasteiger partial charge on any atom is 0.135 e. The van der Waals surface area contributed by atoms with Crippen LogP contribution < -0.4 is 26.7 Å². The molecule has 5 rings (SSSR count). The number of nitrogens with two attached hydrogens (primary N) is 3. The summed E-state index contributed by atoms with van der Waals surface area (Å²) < 4.78 is 12.8. The third kappa shape index (κ3) is 5.13. The van der Waals surface area contributed by atoms with Gasteiger partial charge in [0.05, 0.1) is 0 Å². The predicted octanol–water partition coefficient (Wildman–Crippen LogP) is 8.01. The van der Waals surface area contributed by atoms with E-state index in [4.69, 9.17) is 26.7 Å². The fraction of sp³-hybridized carbons (Fsp3) is 0.0909. The van der Waals surface area contributed by atoms with Crippen molar-refractivity contribution in [1.82, 2.24) is 0 Å². The lowest BCUT2D eigenvalue weighted by molar-refractivity contribution is 0.462. The molecule has 190 valence electrons. The number of rotatable bonds is 7. The minimum Gasteiger partial charge on any atom is -0.457 e. The van der Waals surface area contributed by atoms with Gasteiger partial charge in [-0.15, -0.1) is 0 Å². The average molecular weight is 502 g/mol. The van der Waals surface area contributed by atoms with Crippen LogP contribution in [0, 0.1) is 0 Å². The van der Waals surface area contributed by atoms with Crippen molar-refractivity contribution in [3.05, 3.63) is 126 Å². The van der Waals surface area contributed by atoms with Crippen LogP contribution in [0.25, 0.3) is 11.1 Å². The molecule has 0 atom stereocenters. The number of benzene rings is 5. The van der Waals surface area contributed by atoms with E-state index in [0.717, 1.165) is 33.7 Å². The van der Waals surface area contributed by atoms with Crippen LogP contribution in [0.5, 0.6) is 23.0 Å². The molecule has 0 spiro atoms. The number of nitrogen functional groups attached to an aromatic ring is 3. The Morgan fingerprint density at radius 2 is 1.03 bits per heavy atom. The highest BCUT2D eigenvalue weighted by Gasteiger charge is 2.31. The Bertz CT molecular complexity index is 1580. The van der Waals surface area contributed by atoms with Gasteiger partial charge >= 0.3 is 0 Å². The number of hydrogen-bond donors (Lipinski definition) is 3. The zero-order valence-corrected chi connectivity index (χ0v) is 21.5. The zero-order chi connectivity index (χ0) is 26.7. The lowest BCUT2D eigenvalue weighted by Gasteiger charge is -2.31. The van der Waals surface area contributed by atoms with Crippen LogP contribution in [0.2, 0.25) is 0 Å². The van der Waals surface area contributed by atoms with Crippen molar-refractivity contribution >= 4 is 17.1 Å². The molecule has 5 heteroatoms. The second-order valence-corrected chi connectivity index (χ2v) is 9.77. The summed E-state index contributed by atoms with van der Waals surface area (Å²) in [5.74, 6) is 2.78. The number of anilines is 3. The van der Waals surface area contributed by atoms with Gasteiger partial charge in [0, 0.05) is 45.7 Å². The smallest absolute Gasteiger partial charge is 0.135 e. The fourth-order valence-corrected chi connectivity index (χ4v) is 4.72. The van der Waals surface area contributed by atoms with Crippen molar-refractivity contribution in [2.24, 2.45) is 0 Å². The molecular formula is C33H31N3O2. The molecule has 0 saturated carbocycles. The Hall–Kier alpha value is -4.90. The highest BCUT2D eigenvalue weighted by atomic mass is 16.5. The predicted molar refractivity (Wildman–Crippen MR) is 157 cm³/mol. The Balaban J connectivity index is 1.70. The van der Waals surface area contributed by atoms with Gasteiger partial charge in [-0.1, -0.05) is 68.4 Å². The Morgan fingerprint density at radius 1 is 0.500 bits per heavy atom. The first-order chi connectivity index (χ1) is 18.3. The lowest BCUT2D eigenvalue weighted by Crippen LogP contribution is -2.21. The normalized spacial score (nSPS) is 11.2. The van der Waals surface area contributed by atoms with Crippen LogP contribution in [0.4, 0.5) is 17.1 Å². The van der Waals surface area contributed by atoms with Gasteiger partial charge in [0.2, 0.25) is 0 Å². The molecule has 0 aliphatic heterocycles. The summed E-state index contributed by atoms with van der Waals surface area (Å²) >= 11 is 0. The van der Waals surface area contributed by atoms with Gasteiger partial charge in [0.25, 0.3) is 0 Å². The molecular weight excluding hydrogens is 470 g/mol. The van der Waals surface area contributed by atoms with E-state index in [1.165, 1.54) is 0 Å². The Morgan fingerprint density at radius 3 is 1.66 bits per heavy atom. The maximum absolute atomic E-state index is 6.50. The van der Waals surface area contributed by atoms with Crippen LogP contribution in [0.15, 0.2) is 115 Å². The fourth-order valence-electron chi connectivity index (χ4n) is 4.72. The molecule has 0 aliphatic carbocycles. The molecule has 0 unspecified atom stereocenters. The first-order valence-corrected chi connectivity index (χ1v) is 12.5. The molecule has 5 aromatic rings. The van der Waals surface area contributed by atoms with Crippen LogP contribution in [0.3, 0.4) is 0 Å². The summed E-state index contributed by atoms with van der Waals surface area (Å²) in [5, 5.41) is 0. The maximum atomic E-state index is 6.50. The summed E-state index contributed by atoms with van der Waals surface area (Å²) in [6.07, 6.45) is 0. The molecule has 6 N–H and O–H groups in total. The van der Waals surface area contributed by atoms with Crippen LogP contribution in [-0.4, -0.2) is 0 Å². The van der Waals surface area contributed by atoms with Gasteiger partial charge in [-0.25, -0.2) is 0 Å². The standard InChI is InChI=1S/C33H31N3O2/c1-33(2,22-16-18-23(34)19-17-22)32-29(13-7-15-31(32)38-27-11-6-9-25(36)21-27)28-12-3-4-14-30(28)37-26-10-5-8-24(35)20-26/h3-21H,34-36H2,1-2H3. The monoisotopic (exact) mass is 501 g/mol. The van der Waals surface area contributed by atoms with E-state index in [2.05, 4.69) is 38.1 Å². The van der Waals surface area contributed by atoms with Crippen LogP contribution in [-0.2, 0) is 5.41 Å². The van der Waals surface area contributed by atoms with E-state index < -0.39 is 5.41 Å². The quantitative estimate of drug-likeness (QED) is 0.196. The van der Waals surface area contributed by atoms with Crippen molar-refractivity contribution in [2.45, 2.75) is 19.3 Å². The molecule has 0 bridgehead atoms. The van der Waals surface area contributed by atoms with Crippen molar-refractivity contribution in [1.29, 1.82) is 0 Å². The number of hydrogen-bond acceptors (Lipinski definition) is 5. The van der Waals surface area contributed by atoms with Gasteiger partial charge < -0.3 is 26.7 Å². The summed E-state index contributed by atoms with van der Waals surface area (Å²) in [4.78, 5) is 0. The average Bonchev–Trinajstić information content (AvgIpc) is 2.89. The number of para-hydroxylation sites is 1. The summed E-state index contributed by atoms with van der Waals surface area (Å²) in [7, 11) is 0. The third-order valence-corrected chi connectivity index (χ3v) is 6.63. The SMILES string of the molecule is CC(C)(c1ccc(N)cc1)c1c(Oc2cccc(N)c2)cccc1-c1ccccc1Oc1cccc(N)c1. The molecule has 0 saturated heterocycles. The largest absolute Gasteiger partial charge is 0.457 e. The van der Waals surface area contributed by atoms with Gasteiger partial charge in [0.1, 0.15) is 23.0 Å². The molecule has 0 heterocycles. The highest BCUT2D eigenvalue weighted by molar-refractivity contribution is 5.78. The van der Waals surface area contributed by atoms with Gasteiger partial charge in [0.15, 0.2) is 0 Å².